The highest BCUT2D eigenvalue weighted by Crippen LogP contribution is 2.24. The van der Waals surface area contributed by atoms with Crippen LogP contribution in [0.1, 0.15) is 26.7 Å². The molecule has 1 aromatic rings. The highest BCUT2D eigenvalue weighted by atomic mass is 32.2. The van der Waals surface area contributed by atoms with Gasteiger partial charge >= 0.3 is 5.97 Å². The van der Waals surface area contributed by atoms with Crippen LogP contribution in [0.3, 0.4) is 0 Å². The Hall–Kier alpha value is -2.00. The Morgan fingerprint density at radius 3 is 2.54 bits per heavy atom. The first-order valence-electron chi connectivity index (χ1n) is 8.56. The molecule has 1 aliphatic heterocycles. The third kappa shape index (κ3) is 4.79. The number of carbonyl (C=O) groups excluding carboxylic acids is 2. The second-order valence-corrected chi connectivity index (χ2v) is 8.51. The van der Waals surface area contributed by atoms with Crippen molar-refractivity contribution in [3.8, 4) is 0 Å². The van der Waals surface area contributed by atoms with Crippen LogP contribution in [0.2, 0.25) is 0 Å². The number of aromatic nitrogens is 1. The zero-order valence-corrected chi connectivity index (χ0v) is 16.1. The molecule has 1 aromatic heterocycles. The topological polar surface area (TPSA) is 96.9 Å². The molecule has 0 aliphatic carbocycles. The molecule has 2 rings (SSSR count). The van der Waals surface area contributed by atoms with Crippen LogP contribution in [-0.4, -0.2) is 67.3 Å². The van der Waals surface area contributed by atoms with E-state index in [1.807, 2.05) is 13.8 Å². The minimum absolute atomic E-state index is 0.0297. The Balaban J connectivity index is 1.86. The van der Waals surface area contributed by atoms with E-state index in [0.717, 1.165) is 0 Å². The maximum Gasteiger partial charge on any atom is 0.309 e. The Morgan fingerprint density at radius 2 is 2.00 bits per heavy atom. The highest BCUT2D eigenvalue weighted by Gasteiger charge is 2.33. The molecule has 1 fully saturated rings. The zero-order chi connectivity index (χ0) is 19.3. The Bertz CT molecular complexity index is 728. The van der Waals surface area contributed by atoms with Crippen molar-refractivity contribution >= 4 is 21.9 Å². The van der Waals surface area contributed by atoms with Crippen LogP contribution in [0.4, 0.5) is 0 Å². The first kappa shape index (κ1) is 20.3. The molecule has 0 bridgehead atoms. The summed E-state index contributed by atoms with van der Waals surface area (Å²) < 4.78 is 31.5. The van der Waals surface area contributed by atoms with E-state index in [4.69, 9.17) is 4.74 Å². The smallest absolute Gasteiger partial charge is 0.309 e. The van der Waals surface area contributed by atoms with Crippen molar-refractivity contribution in [3.63, 3.8) is 0 Å². The van der Waals surface area contributed by atoms with Gasteiger partial charge in [0.2, 0.25) is 10.0 Å². The molecule has 0 unspecified atom stereocenters. The molecule has 1 amide bonds. The summed E-state index contributed by atoms with van der Waals surface area (Å²) in [5, 5.41) is 0. The zero-order valence-electron chi connectivity index (χ0n) is 15.3. The number of sulfonamides is 1. The number of rotatable bonds is 6. The van der Waals surface area contributed by atoms with Gasteiger partial charge in [-0.15, -0.1) is 0 Å². The lowest BCUT2D eigenvalue weighted by Gasteiger charge is -2.30. The van der Waals surface area contributed by atoms with Gasteiger partial charge in [-0.25, -0.2) is 8.42 Å². The number of carbonyl (C=O) groups is 2. The molecule has 26 heavy (non-hydrogen) atoms. The summed E-state index contributed by atoms with van der Waals surface area (Å²) in [5.74, 6) is -1.11. The molecular weight excluding hydrogens is 358 g/mol. The molecule has 0 aromatic carbocycles. The molecule has 8 nitrogen and oxygen atoms in total. The van der Waals surface area contributed by atoms with Gasteiger partial charge in [-0.05, 0) is 38.8 Å². The number of nitrogens with zero attached hydrogens (tertiary/aromatic N) is 3. The Kier molecular flexibility index (Phi) is 6.71. The van der Waals surface area contributed by atoms with Crippen LogP contribution in [-0.2, 0) is 24.3 Å². The molecule has 2 heterocycles. The number of pyridine rings is 1. The average molecular weight is 383 g/mol. The summed E-state index contributed by atoms with van der Waals surface area (Å²) in [5.41, 5.74) is 0. The second kappa shape index (κ2) is 8.59. The molecule has 1 aliphatic rings. The predicted octanol–water partition coefficient (Wildman–Crippen LogP) is 0.892. The van der Waals surface area contributed by atoms with E-state index in [2.05, 4.69) is 4.98 Å². The number of hydrogen-bond acceptors (Lipinski definition) is 6. The third-order valence-electron chi connectivity index (χ3n) is 4.57. The van der Waals surface area contributed by atoms with Crippen LogP contribution in [0.15, 0.2) is 29.4 Å². The first-order chi connectivity index (χ1) is 12.2. The number of hydrogen-bond donors (Lipinski definition) is 0. The van der Waals surface area contributed by atoms with Crippen molar-refractivity contribution in [1.29, 1.82) is 0 Å². The van der Waals surface area contributed by atoms with Crippen LogP contribution < -0.4 is 0 Å². The summed E-state index contributed by atoms with van der Waals surface area (Å²) in [7, 11) is -1.94. The number of amides is 1. The molecule has 0 atom stereocenters. The lowest BCUT2D eigenvalue weighted by Crippen LogP contribution is -2.41. The molecule has 0 N–H and O–H groups in total. The molecule has 0 saturated carbocycles. The summed E-state index contributed by atoms with van der Waals surface area (Å²) >= 11 is 0. The number of likely N-dealkylation sites (N-methyl/N-ethyl adjacent to an activating group) is 1. The van der Waals surface area contributed by atoms with Crippen molar-refractivity contribution in [3.05, 3.63) is 24.5 Å². The molecule has 0 spiro atoms. The van der Waals surface area contributed by atoms with Crippen molar-refractivity contribution in [2.45, 2.75) is 37.6 Å². The van der Waals surface area contributed by atoms with E-state index in [1.165, 1.54) is 27.7 Å². The summed E-state index contributed by atoms with van der Waals surface area (Å²) in [6.07, 6.45) is 3.56. The molecule has 144 valence electrons. The van der Waals surface area contributed by atoms with E-state index in [9.17, 15) is 18.0 Å². The fourth-order valence-corrected chi connectivity index (χ4v) is 4.06. The highest BCUT2D eigenvalue weighted by molar-refractivity contribution is 7.89. The van der Waals surface area contributed by atoms with Gasteiger partial charge in [-0.2, -0.15) is 4.31 Å². The van der Waals surface area contributed by atoms with Gasteiger partial charge in [0, 0.05) is 38.6 Å². The minimum atomic E-state index is -3.60. The lowest BCUT2D eigenvalue weighted by atomic mass is 9.98. The van der Waals surface area contributed by atoms with Gasteiger partial charge in [0.15, 0.2) is 6.61 Å². The van der Waals surface area contributed by atoms with E-state index in [0.29, 0.717) is 12.8 Å². The molecular formula is C17H25N3O5S. The third-order valence-corrected chi connectivity index (χ3v) is 6.45. The van der Waals surface area contributed by atoms with Crippen molar-refractivity contribution in [2.75, 3.05) is 26.7 Å². The van der Waals surface area contributed by atoms with Gasteiger partial charge in [-0.3, -0.25) is 14.6 Å². The molecule has 9 heteroatoms. The largest absolute Gasteiger partial charge is 0.455 e. The van der Waals surface area contributed by atoms with Gasteiger partial charge in [0.05, 0.1) is 5.92 Å². The first-order valence-corrected chi connectivity index (χ1v) is 10.00. The molecule has 0 radical (unpaired) electrons. The summed E-state index contributed by atoms with van der Waals surface area (Å²) in [4.78, 5) is 29.5. The van der Waals surface area contributed by atoms with Crippen molar-refractivity contribution in [1.82, 2.24) is 14.2 Å². The molecule has 1 saturated heterocycles. The van der Waals surface area contributed by atoms with E-state index < -0.39 is 21.9 Å². The van der Waals surface area contributed by atoms with Crippen molar-refractivity contribution in [2.24, 2.45) is 5.92 Å². The SMILES string of the molecule is CC(C)N(C)C(=O)COC(=O)C1CCN(S(=O)(=O)c2cccnc2)CC1. The monoisotopic (exact) mass is 383 g/mol. The van der Waals surface area contributed by atoms with Gasteiger partial charge < -0.3 is 9.64 Å². The lowest BCUT2D eigenvalue weighted by molar-refractivity contribution is -0.156. The maximum atomic E-state index is 12.5. The van der Waals surface area contributed by atoms with Crippen LogP contribution in [0.5, 0.6) is 0 Å². The summed E-state index contributed by atoms with van der Waals surface area (Å²) in [6.45, 7) is 3.92. The number of ether oxygens (including phenoxy) is 1. The fourth-order valence-electron chi connectivity index (χ4n) is 2.62. The maximum absolute atomic E-state index is 12.5. The van der Waals surface area contributed by atoms with Gasteiger partial charge in [-0.1, -0.05) is 0 Å². The van der Waals surface area contributed by atoms with Crippen LogP contribution >= 0.6 is 0 Å². The Labute approximate surface area is 154 Å². The fraction of sp³-hybridized carbons (Fsp3) is 0.588. The van der Waals surface area contributed by atoms with Crippen molar-refractivity contribution < 1.29 is 22.7 Å². The standard InChI is InChI=1S/C17H25N3O5S/c1-13(2)19(3)16(21)12-25-17(22)14-6-9-20(10-7-14)26(23,24)15-5-4-8-18-11-15/h4-5,8,11,13-14H,6-7,9-10,12H2,1-3H3. The number of piperidine rings is 1. The van der Waals surface area contributed by atoms with Gasteiger partial charge in [0.1, 0.15) is 4.90 Å². The van der Waals surface area contributed by atoms with Crippen LogP contribution in [0, 0.1) is 5.92 Å². The minimum Gasteiger partial charge on any atom is -0.455 e. The van der Waals surface area contributed by atoms with E-state index in [-0.39, 0.29) is 36.5 Å². The van der Waals surface area contributed by atoms with E-state index >= 15 is 0 Å². The number of esters is 1. The average Bonchev–Trinajstić information content (AvgIpc) is 2.65. The normalized spacial score (nSPS) is 16.5. The summed E-state index contributed by atoms with van der Waals surface area (Å²) in [6, 6.07) is 3.10. The Morgan fingerprint density at radius 1 is 1.35 bits per heavy atom. The predicted molar refractivity (Wildman–Crippen MR) is 94.6 cm³/mol. The quantitative estimate of drug-likeness (QED) is 0.677. The van der Waals surface area contributed by atoms with Crippen LogP contribution in [0.25, 0.3) is 0 Å². The second-order valence-electron chi connectivity index (χ2n) is 6.57. The van der Waals surface area contributed by atoms with Gasteiger partial charge in [0.25, 0.3) is 5.91 Å². The van der Waals surface area contributed by atoms with E-state index in [1.54, 1.807) is 13.1 Å².